The van der Waals surface area contributed by atoms with Gasteiger partial charge in [0.2, 0.25) is 0 Å². The topological polar surface area (TPSA) is 65.7 Å². The van der Waals surface area contributed by atoms with Crippen LogP contribution in [0.5, 0.6) is 17.2 Å². The van der Waals surface area contributed by atoms with Crippen molar-refractivity contribution >= 4 is 11.8 Å². The van der Waals surface area contributed by atoms with Gasteiger partial charge in [-0.1, -0.05) is 0 Å². The molecule has 3 N–H and O–H groups in total. The van der Waals surface area contributed by atoms with Gasteiger partial charge in [0.05, 0.1) is 14.2 Å². The number of fused-ring (bicyclic) bond motifs is 1. The summed E-state index contributed by atoms with van der Waals surface area (Å²) >= 11 is 0. The summed E-state index contributed by atoms with van der Waals surface area (Å²) in [6.45, 7) is 5.86. The fraction of sp³-hybridized carbons (Fsp3) is 0.333. The van der Waals surface area contributed by atoms with Crippen LogP contribution in [0, 0.1) is 13.8 Å². The molecule has 5 nitrogen and oxygen atoms in total. The molecular formula is C21H26N2O3. The maximum atomic E-state index is 5.78. The van der Waals surface area contributed by atoms with Crippen molar-refractivity contribution in [3.8, 4) is 17.2 Å². The lowest BCUT2D eigenvalue weighted by Gasteiger charge is -2.23. The summed E-state index contributed by atoms with van der Waals surface area (Å²) in [6, 6.07) is 8.23. The molecule has 0 atom stereocenters. The zero-order valence-electron chi connectivity index (χ0n) is 15.8. The molecule has 0 fully saturated rings. The first-order valence-electron chi connectivity index (χ1n) is 8.72. The number of hydrogen-bond donors (Lipinski definition) is 2. The maximum absolute atomic E-state index is 5.78. The van der Waals surface area contributed by atoms with Gasteiger partial charge in [0.15, 0.2) is 0 Å². The van der Waals surface area contributed by atoms with Crippen LogP contribution in [0.25, 0.3) is 11.8 Å². The summed E-state index contributed by atoms with van der Waals surface area (Å²) in [4.78, 5) is 0. The Labute approximate surface area is 154 Å². The summed E-state index contributed by atoms with van der Waals surface area (Å²) in [7, 11) is 3.35. The lowest BCUT2D eigenvalue weighted by atomic mass is 9.96. The molecular weight excluding hydrogens is 328 g/mol. The molecule has 138 valence electrons. The van der Waals surface area contributed by atoms with Gasteiger partial charge in [-0.25, -0.2) is 0 Å². The van der Waals surface area contributed by atoms with Gasteiger partial charge in [-0.2, -0.15) is 0 Å². The second-order valence-corrected chi connectivity index (χ2v) is 6.39. The molecule has 0 spiro atoms. The lowest BCUT2D eigenvalue weighted by Crippen LogP contribution is -2.18. The number of benzene rings is 2. The molecule has 0 aromatic heterocycles. The molecule has 2 aromatic carbocycles. The first-order valence-corrected chi connectivity index (χ1v) is 8.72. The van der Waals surface area contributed by atoms with Crippen LogP contribution in [-0.2, 0) is 6.54 Å². The van der Waals surface area contributed by atoms with Gasteiger partial charge in [0.25, 0.3) is 0 Å². The van der Waals surface area contributed by atoms with Crippen LogP contribution < -0.4 is 25.3 Å². The number of ether oxygens (including phenoxy) is 3. The number of methoxy groups -OCH3 is 2. The normalized spacial score (nSPS) is 12.7. The first kappa shape index (κ1) is 18.1. The number of rotatable bonds is 6. The monoisotopic (exact) mass is 354 g/mol. The highest BCUT2D eigenvalue weighted by atomic mass is 16.5. The molecule has 5 heteroatoms. The summed E-state index contributed by atoms with van der Waals surface area (Å²) in [5, 5.41) is 3.50. The molecule has 1 aliphatic heterocycles. The highest BCUT2D eigenvalue weighted by molar-refractivity contribution is 5.85. The van der Waals surface area contributed by atoms with Crippen molar-refractivity contribution in [1.82, 2.24) is 5.32 Å². The third kappa shape index (κ3) is 3.48. The molecule has 0 unspecified atom stereocenters. The van der Waals surface area contributed by atoms with E-state index in [1.165, 1.54) is 0 Å². The highest BCUT2D eigenvalue weighted by Crippen LogP contribution is 2.35. The minimum Gasteiger partial charge on any atom is -0.497 e. The Kier molecular flexibility index (Phi) is 5.38. The molecule has 1 heterocycles. The molecule has 0 amide bonds. The predicted molar refractivity (Wildman–Crippen MR) is 105 cm³/mol. The quantitative estimate of drug-likeness (QED) is 0.833. The molecule has 1 aliphatic rings. The van der Waals surface area contributed by atoms with Gasteiger partial charge in [0, 0.05) is 30.4 Å². The molecule has 0 radical (unpaired) electrons. The standard InChI is InChI=1S/C21H26N2O3/c1-13-7-16(8-14(2)21(13)26-6-5-22)19-10-15-9-17(24-3)11-20(25-4)18(15)12-23-19/h7-11,23H,5-6,12,22H2,1-4H3. The molecule has 0 saturated carbocycles. The SMILES string of the molecule is COc1cc2c(c(OC)c1)CNC(c1cc(C)c(OCCN)c(C)c1)=C2. The molecule has 26 heavy (non-hydrogen) atoms. The Bertz CT molecular complexity index is 820. The van der Waals surface area contributed by atoms with Gasteiger partial charge in [-0.15, -0.1) is 0 Å². The van der Waals surface area contributed by atoms with Crippen LogP contribution >= 0.6 is 0 Å². The van der Waals surface area contributed by atoms with Crippen molar-refractivity contribution < 1.29 is 14.2 Å². The van der Waals surface area contributed by atoms with E-state index >= 15 is 0 Å². The van der Waals surface area contributed by atoms with E-state index < -0.39 is 0 Å². The fourth-order valence-corrected chi connectivity index (χ4v) is 3.33. The van der Waals surface area contributed by atoms with E-state index in [4.69, 9.17) is 19.9 Å². The number of hydrogen-bond acceptors (Lipinski definition) is 5. The minimum absolute atomic E-state index is 0.508. The molecule has 3 rings (SSSR count). The first-order chi connectivity index (χ1) is 12.6. The summed E-state index contributed by atoms with van der Waals surface area (Å²) in [5.41, 5.74) is 12.2. The van der Waals surface area contributed by atoms with Crippen molar-refractivity contribution in [2.45, 2.75) is 20.4 Å². The van der Waals surface area contributed by atoms with E-state index in [0.717, 1.165) is 50.8 Å². The summed E-state index contributed by atoms with van der Waals surface area (Å²) < 4.78 is 16.7. The zero-order valence-corrected chi connectivity index (χ0v) is 15.8. The Hall–Kier alpha value is -2.66. The zero-order chi connectivity index (χ0) is 18.7. The van der Waals surface area contributed by atoms with Crippen LogP contribution in [0.2, 0.25) is 0 Å². The van der Waals surface area contributed by atoms with E-state index in [-0.39, 0.29) is 0 Å². The van der Waals surface area contributed by atoms with Gasteiger partial charge < -0.3 is 25.3 Å². The number of aryl methyl sites for hydroxylation is 2. The van der Waals surface area contributed by atoms with E-state index in [9.17, 15) is 0 Å². The van der Waals surface area contributed by atoms with Crippen LogP contribution in [-0.4, -0.2) is 27.4 Å². The van der Waals surface area contributed by atoms with Crippen LogP contribution in [0.1, 0.15) is 27.8 Å². The second-order valence-electron chi connectivity index (χ2n) is 6.39. The van der Waals surface area contributed by atoms with Crippen LogP contribution in [0.4, 0.5) is 0 Å². The Balaban J connectivity index is 2.00. The summed E-state index contributed by atoms with van der Waals surface area (Å²) in [6.07, 6.45) is 2.14. The minimum atomic E-state index is 0.508. The third-order valence-corrected chi connectivity index (χ3v) is 4.56. The van der Waals surface area contributed by atoms with Crippen molar-refractivity contribution in [3.05, 3.63) is 52.1 Å². The van der Waals surface area contributed by atoms with E-state index in [2.05, 4.69) is 37.4 Å². The fourth-order valence-electron chi connectivity index (χ4n) is 3.33. The molecule has 2 aromatic rings. The second kappa shape index (κ2) is 7.70. The van der Waals surface area contributed by atoms with Gasteiger partial charge in [0.1, 0.15) is 23.9 Å². The smallest absolute Gasteiger partial charge is 0.128 e. The van der Waals surface area contributed by atoms with E-state index in [1.54, 1.807) is 14.2 Å². The Morgan fingerprint density at radius 1 is 1.04 bits per heavy atom. The van der Waals surface area contributed by atoms with Crippen LogP contribution in [0.3, 0.4) is 0 Å². The molecule has 0 bridgehead atoms. The number of nitrogens with two attached hydrogens (primary N) is 1. The molecule has 0 saturated heterocycles. The lowest BCUT2D eigenvalue weighted by molar-refractivity contribution is 0.324. The summed E-state index contributed by atoms with van der Waals surface area (Å²) in [5.74, 6) is 2.54. The van der Waals surface area contributed by atoms with Crippen molar-refractivity contribution in [1.29, 1.82) is 0 Å². The Morgan fingerprint density at radius 3 is 2.38 bits per heavy atom. The van der Waals surface area contributed by atoms with E-state index in [0.29, 0.717) is 19.7 Å². The maximum Gasteiger partial charge on any atom is 0.128 e. The predicted octanol–water partition coefficient (Wildman–Crippen LogP) is 3.26. The van der Waals surface area contributed by atoms with Gasteiger partial charge in [-0.05, 0) is 60.4 Å². The van der Waals surface area contributed by atoms with Gasteiger partial charge in [-0.3, -0.25) is 0 Å². The van der Waals surface area contributed by atoms with Crippen molar-refractivity contribution in [2.24, 2.45) is 5.73 Å². The average Bonchev–Trinajstić information content (AvgIpc) is 2.65. The third-order valence-electron chi connectivity index (χ3n) is 4.56. The van der Waals surface area contributed by atoms with Crippen molar-refractivity contribution in [2.75, 3.05) is 27.4 Å². The Morgan fingerprint density at radius 2 is 1.77 bits per heavy atom. The highest BCUT2D eigenvalue weighted by Gasteiger charge is 2.18. The van der Waals surface area contributed by atoms with Crippen molar-refractivity contribution in [3.63, 3.8) is 0 Å². The van der Waals surface area contributed by atoms with Crippen LogP contribution in [0.15, 0.2) is 24.3 Å². The van der Waals surface area contributed by atoms with Gasteiger partial charge >= 0.3 is 0 Å². The largest absolute Gasteiger partial charge is 0.497 e. The van der Waals surface area contributed by atoms with E-state index in [1.807, 2.05) is 12.1 Å². The molecule has 0 aliphatic carbocycles. The average molecular weight is 354 g/mol. The number of nitrogens with one attached hydrogen (secondary N) is 1.